The Hall–Kier alpha value is -2.04. The first-order valence-corrected chi connectivity index (χ1v) is 8.56. The highest BCUT2D eigenvalue weighted by Gasteiger charge is 2.27. The molecule has 5 heteroatoms. The minimum Gasteiger partial charge on any atom is -0.351 e. The molecule has 5 nitrogen and oxygen atoms in total. The van der Waals surface area contributed by atoms with Crippen LogP contribution in [-0.2, 0) is 11.2 Å². The van der Waals surface area contributed by atoms with E-state index in [1.807, 2.05) is 25.1 Å². The molecule has 0 radical (unpaired) electrons. The lowest BCUT2D eigenvalue weighted by atomic mass is 9.90. The predicted molar refractivity (Wildman–Crippen MR) is 91.2 cm³/mol. The first-order chi connectivity index (χ1) is 11.2. The van der Waals surface area contributed by atoms with E-state index < -0.39 is 0 Å². The number of urea groups is 1. The van der Waals surface area contributed by atoms with Gasteiger partial charge in [0.2, 0.25) is 5.91 Å². The molecular formula is C18H27N3O2. The van der Waals surface area contributed by atoms with Gasteiger partial charge in [-0.2, -0.15) is 0 Å². The minimum absolute atomic E-state index is 0.0241. The number of rotatable bonds is 6. The molecule has 3 N–H and O–H groups in total. The molecule has 1 aromatic rings. The maximum absolute atomic E-state index is 12.1. The van der Waals surface area contributed by atoms with Gasteiger partial charge in [0, 0.05) is 19.0 Å². The van der Waals surface area contributed by atoms with Crippen molar-refractivity contribution in [1.29, 1.82) is 0 Å². The molecule has 1 fully saturated rings. The summed E-state index contributed by atoms with van der Waals surface area (Å²) in [6.07, 6.45) is 5.33. The van der Waals surface area contributed by atoms with Crippen LogP contribution in [0.25, 0.3) is 0 Å². The summed E-state index contributed by atoms with van der Waals surface area (Å²) in [6, 6.07) is 10.0. The van der Waals surface area contributed by atoms with Gasteiger partial charge in [-0.3, -0.25) is 4.79 Å². The molecule has 0 bridgehead atoms. The molecule has 0 aliphatic heterocycles. The predicted octanol–water partition coefficient (Wildman–Crippen LogP) is 2.37. The Balaban J connectivity index is 1.74. The average Bonchev–Trinajstić information content (AvgIpc) is 2.57. The summed E-state index contributed by atoms with van der Waals surface area (Å²) in [5.41, 5.74) is 1.21. The number of amides is 3. The summed E-state index contributed by atoms with van der Waals surface area (Å²) in [6.45, 7) is 2.45. The molecule has 23 heavy (non-hydrogen) atoms. The van der Waals surface area contributed by atoms with E-state index in [9.17, 15) is 9.59 Å². The van der Waals surface area contributed by atoms with Gasteiger partial charge in [-0.15, -0.1) is 0 Å². The molecule has 0 aromatic heterocycles. The van der Waals surface area contributed by atoms with Crippen LogP contribution in [0.2, 0.25) is 0 Å². The summed E-state index contributed by atoms with van der Waals surface area (Å²) in [7, 11) is 0. The van der Waals surface area contributed by atoms with Crippen LogP contribution < -0.4 is 16.0 Å². The van der Waals surface area contributed by atoms with Crippen molar-refractivity contribution < 1.29 is 9.59 Å². The fraction of sp³-hybridized carbons (Fsp3) is 0.556. The molecule has 0 heterocycles. The van der Waals surface area contributed by atoms with Gasteiger partial charge in [0.15, 0.2) is 0 Å². The fourth-order valence-corrected chi connectivity index (χ4v) is 2.97. The van der Waals surface area contributed by atoms with Crippen molar-refractivity contribution in [2.45, 2.75) is 57.5 Å². The molecule has 3 amide bonds. The summed E-state index contributed by atoms with van der Waals surface area (Å²) < 4.78 is 0. The van der Waals surface area contributed by atoms with Crippen LogP contribution in [0.1, 0.15) is 44.6 Å². The lowest BCUT2D eigenvalue weighted by Gasteiger charge is -2.32. The molecule has 1 aliphatic rings. The summed E-state index contributed by atoms with van der Waals surface area (Å²) in [5.74, 6) is 0.0492. The largest absolute Gasteiger partial charge is 0.351 e. The molecule has 1 saturated carbocycles. The van der Waals surface area contributed by atoms with Crippen molar-refractivity contribution in [1.82, 2.24) is 16.0 Å². The van der Waals surface area contributed by atoms with Crippen molar-refractivity contribution in [3.63, 3.8) is 0 Å². The van der Waals surface area contributed by atoms with Gasteiger partial charge < -0.3 is 16.0 Å². The van der Waals surface area contributed by atoms with Crippen LogP contribution in [0.4, 0.5) is 4.79 Å². The second kappa shape index (κ2) is 9.18. The molecule has 2 atom stereocenters. The molecule has 0 saturated heterocycles. The third-order valence-corrected chi connectivity index (χ3v) is 4.29. The first-order valence-electron chi connectivity index (χ1n) is 8.56. The normalized spacial score (nSPS) is 20.6. The Morgan fingerprint density at radius 1 is 1.04 bits per heavy atom. The van der Waals surface area contributed by atoms with E-state index in [0.29, 0.717) is 13.0 Å². The van der Waals surface area contributed by atoms with E-state index in [-0.39, 0.29) is 24.0 Å². The molecular weight excluding hydrogens is 290 g/mol. The third-order valence-electron chi connectivity index (χ3n) is 4.29. The lowest BCUT2D eigenvalue weighted by Crippen LogP contribution is -2.55. The van der Waals surface area contributed by atoms with Gasteiger partial charge in [0.25, 0.3) is 0 Å². The number of hydrogen-bond acceptors (Lipinski definition) is 2. The number of hydrogen-bond donors (Lipinski definition) is 3. The maximum Gasteiger partial charge on any atom is 0.315 e. The number of carbonyl (C=O) groups is 2. The SMILES string of the molecule is CCC(=O)NC1CCCCC1NC(=O)NCCc1ccccc1. The highest BCUT2D eigenvalue weighted by molar-refractivity contribution is 5.76. The van der Waals surface area contributed by atoms with Crippen molar-refractivity contribution in [3.05, 3.63) is 35.9 Å². The van der Waals surface area contributed by atoms with Crippen molar-refractivity contribution in [2.75, 3.05) is 6.54 Å². The topological polar surface area (TPSA) is 70.2 Å². The summed E-state index contributed by atoms with van der Waals surface area (Å²) in [4.78, 5) is 23.7. The van der Waals surface area contributed by atoms with Gasteiger partial charge in [0.05, 0.1) is 6.04 Å². The summed E-state index contributed by atoms with van der Waals surface area (Å²) in [5, 5.41) is 8.95. The third kappa shape index (κ3) is 5.93. The average molecular weight is 317 g/mol. The van der Waals surface area contributed by atoms with Crippen molar-refractivity contribution in [3.8, 4) is 0 Å². The van der Waals surface area contributed by atoms with Gasteiger partial charge in [0.1, 0.15) is 0 Å². The minimum atomic E-state index is -0.149. The molecule has 1 aliphatic carbocycles. The van der Waals surface area contributed by atoms with Crippen molar-refractivity contribution in [2.24, 2.45) is 0 Å². The fourth-order valence-electron chi connectivity index (χ4n) is 2.97. The van der Waals surface area contributed by atoms with Crippen molar-refractivity contribution >= 4 is 11.9 Å². The summed E-state index contributed by atoms with van der Waals surface area (Å²) >= 11 is 0. The van der Waals surface area contributed by atoms with Crippen LogP contribution in [0.15, 0.2) is 30.3 Å². The molecule has 2 rings (SSSR count). The Labute approximate surface area is 138 Å². The van der Waals surface area contributed by atoms with Gasteiger partial charge in [-0.25, -0.2) is 4.79 Å². The van der Waals surface area contributed by atoms with Crippen LogP contribution >= 0.6 is 0 Å². The van der Waals surface area contributed by atoms with Gasteiger partial charge in [-0.05, 0) is 24.8 Å². The van der Waals surface area contributed by atoms with E-state index in [2.05, 4.69) is 28.1 Å². The maximum atomic E-state index is 12.1. The first kappa shape index (κ1) is 17.3. The van der Waals surface area contributed by atoms with E-state index in [1.165, 1.54) is 5.56 Å². The van der Waals surface area contributed by atoms with E-state index in [4.69, 9.17) is 0 Å². The quantitative estimate of drug-likeness (QED) is 0.754. The second-order valence-corrected chi connectivity index (χ2v) is 6.05. The van der Waals surface area contributed by atoms with Crippen LogP contribution in [0.5, 0.6) is 0 Å². The smallest absolute Gasteiger partial charge is 0.315 e. The van der Waals surface area contributed by atoms with E-state index >= 15 is 0 Å². The number of benzene rings is 1. The van der Waals surface area contributed by atoms with Gasteiger partial charge in [-0.1, -0.05) is 50.1 Å². The Morgan fingerprint density at radius 2 is 1.70 bits per heavy atom. The second-order valence-electron chi connectivity index (χ2n) is 6.05. The van der Waals surface area contributed by atoms with Crippen LogP contribution in [-0.4, -0.2) is 30.6 Å². The van der Waals surface area contributed by atoms with E-state index in [1.54, 1.807) is 0 Å². The molecule has 126 valence electrons. The highest BCUT2D eigenvalue weighted by atomic mass is 16.2. The molecule has 2 unspecified atom stereocenters. The highest BCUT2D eigenvalue weighted by Crippen LogP contribution is 2.18. The Morgan fingerprint density at radius 3 is 2.35 bits per heavy atom. The van der Waals surface area contributed by atoms with Crippen LogP contribution in [0.3, 0.4) is 0 Å². The lowest BCUT2D eigenvalue weighted by molar-refractivity contribution is -0.121. The Kier molecular flexibility index (Phi) is 6.91. The van der Waals surface area contributed by atoms with Gasteiger partial charge >= 0.3 is 6.03 Å². The van der Waals surface area contributed by atoms with E-state index in [0.717, 1.165) is 32.1 Å². The molecule has 1 aromatic carbocycles. The standard InChI is InChI=1S/C18H27N3O2/c1-2-17(22)20-15-10-6-7-11-16(15)21-18(23)19-13-12-14-8-4-3-5-9-14/h3-5,8-9,15-16H,2,6-7,10-13H2,1H3,(H,20,22)(H2,19,21,23). The molecule has 0 spiro atoms. The van der Waals surface area contributed by atoms with Crippen LogP contribution in [0, 0.1) is 0 Å². The zero-order valence-corrected chi connectivity index (χ0v) is 13.8. The number of nitrogens with one attached hydrogen (secondary N) is 3. The monoisotopic (exact) mass is 317 g/mol. The zero-order valence-electron chi connectivity index (χ0n) is 13.8. The number of carbonyl (C=O) groups excluding carboxylic acids is 2. The zero-order chi connectivity index (χ0) is 16.5. The Bertz CT molecular complexity index is 504.